The molecule has 6 aliphatic rings. The Morgan fingerprint density at radius 2 is 1.77 bits per heavy atom. The number of halogens is 2. The van der Waals surface area contributed by atoms with E-state index >= 15 is 13.6 Å². The minimum atomic E-state index is -3.67. The van der Waals surface area contributed by atoms with Crippen molar-refractivity contribution in [1.29, 1.82) is 0 Å². The number of H-pyrrole nitrogens is 1. The fraction of sp³-hybridized carbons (Fsp3) is 0.596. The van der Waals surface area contributed by atoms with Crippen LogP contribution in [-0.2, 0) is 55.9 Å². The molecule has 5 aliphatic heterocycles. The largest absolute Gasteiger partial charge is 0.496 e. The van der Waals surface area contributed by atoms with Crippen molar-refractivity contribution in [2.75, 3.05) is 77.0 Å². The van der Waals surface area contributed by atoms with Gasteiger partial charge in [-0.1, -0.05) is 19.1 Å². The third-order valence-electron chi connectivity index (χ3n) is 16.0. The van der Waals surface area contributed by atoms with Crippen molar-refractivity contribution in [3.05, 3.63) is 64.9 Å². The third-order valence-corrected chi connectivity index (χ3v) is 16.6. The first kappa shape index (κ1) is 45.4. The van der Waals surface area contributed by atoms with Crippen molar-refractivity contribution >= 4 is 50.2 Å². The molecule has 9 rings (SSSR count). The Bertz CT molecular complexity index is 2620. The lowest BCUT2D eigenvalue weighted by molar-refractivity contribution is -0.228. The van der Waals surface area contributed by atoms with Crippen LogP contribution in [0.4, 0.5) is 20.2 Å². The van der Waals surface area contributed by atoms with Crippen molar-refractivity contribution in [3.63, 3.8) is 0 Å². The van der Waals surface area contributed by atoms with E-state index in [2.05, 4.69) is 14.6 Å². The van der Waals surface area contributed by atoms with E-state index in [-0.39, 0.29) is 25.1 Å². The first-order chi connectivity index (χ1) is 30.6. The average molecular weight is 924 g/mol. The van der Waals surface area contributed by atoms with Gasteiger partial charge in [-0.05, 0) is 86.9 Å². The van der Waals surface area contributed by atoms with Crippen LogP contribution in [0.3, 0.4) is 0 Å². The van der Waals surface area contributed by atoms with E-state index in [1.807, 2.05) is 41.0 Å². The number of carbonyl (C=O) groups excluding carboxylic acids is 3. The van der Waals surface area contributed by atoms with E-state index in [0.717, 1.165) is 18.7 Å². The number of carbonyl (C=O) groups is 3. The summed E-state index contributed by atoms with van der Waals surface area (Å²) in [6.07, 6.45) is 5.01. The number of aromatic nitrogens is 1. The lowest BCUT2D eigenvalue weighted by atomic mass is 9.47. The molecule has 1 aromatic heterocycles. The summed E-state index contributed by atoms with van der Waals surface area (Å²) in [5.74, 6) is -6.44. The van der Waals surface area contributed by atoms with Gasteiger partial charge in [0.25, 0.3) is 0 Å². The maximum Gasteiger partial charge on any atom is 0.344 e. The summed E-state index contributed by atoms with van der Waals surface area (Å²) < 4.78 is 82.2. The summed E-state index contributed by atoms with van der Waals surface area (Å²) in [6.45, 7) is 6.26. The normalized spacial score (nSPS) is 34.0. The zero-order valence-electron chi connectivity index (χ0n) is 38.1. The van der Waals surface area contributed by atoms with E-state index in [4.69, 9.17) is 18.9 Å². The van der Waals surface area contributed by atoms with Crippen LogP contribution in [0.15, 0.2) is 42.5 Å². The number of benzene rings is 2. The van der Waals surface area contributed by atoms with Gasteiger partial charge in [0.2, 0.25) is 21.5 Å². The Morgan fingerprint density at radius 1 is 1.03 bits per heavy atom. The Kier molecular flexibility index (Phi) is 10.7. The minimum Gasteiger partial charge on any atom is -0.496 e. The van der Waals surface area contributed by atoms with Crippen LogP contribution in [0.2, 0.25) is 0 Å². The van der Waals surface area contributed by atoms with Gasteiger partial charge in [-0.2, -0.15) is 0 Å². The Labute approximate surface area is 377 Å². The second-order valence-electron chi connectivity index (χ2n) is 19.4. The zero-order valence-corrected chi connectivity index (χ0v) is 38.9. The van der Waals surface area contributed by atoms with Gasteiger partial charge in [0, 0.05) is 103 Å². The molecule has 1 aliphatic carbocycles. The number of aliphatic hydroxyl groups is 1. The molecule has 3 aromatic rings. The lowest BCUT2D eigenvalue weighted by Crippen LogP contribution is -2.81. The number of nitrogens with zero attached hydrogens (tertiary/aromatic N) is 3. The zero-order chi connectivity index (χ0) is 46.8. The van der Waals surface area contributed by atoms with Gasteiger partial charge in [-0.3, -0.25) is 19.2 Å². The molecule has 0 amide bonds. The van der Waals surface area contributed by atoms with E-state index < -0.39 is 85.7 Å². The van der Waals surface area contributed by atoms with Crippen LogP contribution < -0.4 is 14.4 Å². The molecule has 18 heteroatoms. The van der Waals surface area contributed by atoms with Crippen molar-refractivity contribution in [3.8, 4) is 5.75 Å². The minimum absolute atomic E-state index is 0.0379. The average Bonchev–Trinajstić information content (AvgIpc) is 3.91. The highest BCUT2D eigenvalue weighted by Gasteiger charge is 2.80. The number of sulfonamides is 1. The molecule has 1 spiro atoms. The third kappa shape index (κ3) is 6.46. The van der Waals surface area contributed by atoms with Crippen LogP contribution >= 0.6 is 0 Å². The Morgan fingerprint density at radius 3 is 2.42 bits per heavy atom. The summed E-state index contributed by atoms with van der Waals surface area (Å²) >= 11 is 0. The number of esters is 3. The summed E-state index contributed by atoms with van der Waals surface area (Å²) in [6, 6.07) is 7.40. The number of likely N-dealkylation sites (N-methyl/N-ethyl adjacent to an activating group) is 1. The molecule has 2 bridgehead atoms. The molecular formula is C47H59F2N5O10S. The van der Waals surface area contributed by atoms with Crippen molar-refractivity contribution in [1.82, 2.24) is 14.8 Å². The number of hydrogen-bond donors (Lipinski definition) is 3. The van der Waals surface area contributed by atoms with Crippen molar-refractivity contribution in [2.45, 2.75) is 93.4 Å². The number of ether oxygens (including phenoxy) is 4. The summed E-state index contributed by atoms with van der Waals surface area (Å²) in [7, 11) is 2.10. The monoisotopic (exact) mass is 923 g/mol. The number of alkyl halides is 2. The molecule has 2 saturated heterocycles. The van der Waals surface area contributed by atoms with Crippen molar-refractivity contribution < 1.29 is 55.6 Å². The van der Waals surface area contributed by atoms with Gasteiger partial charge in [0.05, 0.1) is 33.6 Å². The number of aromatic amines is 1. The molecular weight excluding hydrogens is 865 g/mol. The molecule has 2 aromatic carbocycles. The van der Waals surface area contributed by atoms with Gasteiger partial charge in [-0.25, -0.2) is 22.0 Å². The Hall–Kier alpha value is -4.78. The second-order valence-corrected chi connectivity index (χ2v) is 21.2. The molecule has 1 saturated carbocycles. The molecule has 10 atom stereocenters. The number of rotatable bonds is 9. The summed E-state index contributed by atoms with van der Waals surface area (Å²) in [5.41, 5.74) is -2.40. The molecule has 3 N–H and O–H groups in total. The van der Waals surface area contributed by atoms with E-state index in [9.17, 15) is 23.1 Å². The first-order valence-corrected chi connectivity index (χ1v) is 24.2. The molecule has 352 valence electrons. The topological polar surface area (TPSA) is 180 Å². The van der Waals surface area contributed by atoms with Gasteiger partial charge in [0.15, 0.2) is 6.10 Å². The standard InChI is InChI=1S/C47H59F2N5O10S/c1-9-44-14-10-16-54-18-15-45(38(44)54)32-21-33(36(61-5)22-35(32)52(4)39(45)47(58,42(57)63-7)40(44)64-26(2)55)46(41(56)62-6)23-27-19-28(43(3,48)49)25-53(24-27)17-13-30-31-20-29(51-65(8,59)60)11-12-34(31)50-37(30)46/h10-12,14,20-22,27-28,38-40,50-51,58H,9,13,15-19,23-25H2,1-8H3/t27-,28-,38+,39-,40-,44-,45-,46+,47+/m1/s1. The van der Waals surface area contributed by atoms with Crippen LogP contribution in [0.1, 0.15) is 68.8 Å². The highest BCUT2D eigenvalue weighted by Crippen LogP contribution is 2.68. The van der Waals surface area contributed by atoms with Crippen LogP contribution in [0.25, 0.3) is 10.9 Å². The molecule has 6 heterocycles. The molecule has 0 radical (unpaired) electrons. The SMILES string of the molecule is CC[C@]12C=CCN3CC[C@@]4(c5cc([C@@]6(C(=O)OC)C[C@H]7C[C@@H](C(C)(F)F)CN(CCc8c6[nH]c6ccc(NS(C)(=O)=O)cc86)C7)c(OC)cc5N(C)[C@H]4[C@@](O)(C(=O)OC)[C@@H]1OC(C)=O)[C@@H]32. The fourth-order valence-corrected chi connectivity index (χ4v) is 14.3. The number of nitrogens with one attached hydrogen (secondary N) is 2. The van der Waals surface area contributed by atoms with Crippen LogP contribution in [-0.4, -0.2) is 143 Å². The number of anilines is 2. The number of piperidine rings is 1. The lowest BCUT2D eigenvalue weighted by Gasteiger charge is -2.63. The smallest absolute Gasteiger partial charge is 0.344 e. The van der Waals surface area contributed by atoms with Gasteiger partial charge >= 0.3 is 17.9 Å². The summed E-state index contributed by atoms with van der Waals surface area (Å²) in [4.78, 5) is 52.7. The molecule has 15 nitrogen and oxygen atoms in total. The number of hydrogen-bond acceptors (Lipinski definition) is 13. The van der Waals surface area contributed by atoms with Crippen LogP contribution in [0, 0.1) is 17.3 Å². The van der Waals surface area contributed by atoms with Crippen molar-refractivity contribution in [2.24, 2.45) is 17.3 Å². The number of fused-ring (bicyclic) bond motifs is 6. The van der Waals surface area contributed by atoms with Gasteiger partial charge in [0.1, 0.15) is 11.2 Å². The maximum atomic E-state index is 15.5. The maximum absolute atomic E-state index is 15.5. The first-order valence-electron chi connectivity index (χ1n) is 22.3. The van der Waals surface area contributed by atoms with E-state index in [1.54, 1.807) is 25.2 Å². The van der Waals surface area contributed by atoms with Gasteiger partial charge < -0.3 is 38.8 Å². The highest BCUT2D eigenvalue weighted by molar-refractivity contribution is 7.92. The summed E-state index contributed by atoms with van der Waals surface area (Å²) in [5, 5.41) is 14.0. The quantitative estimate of drug-likeness (QED) is 0.156. The predicted octanol–water partition coefficient (Wildman–Crippen LogP) is 4.49. The molecule has 3 fully saturated rings. The van der Waals surface area contributed by atoms with E-state index in [1.165, 1.54) is 28.3 Å². The Balaban J connectivity index is 1.36. The number of methoxy groups -OCH3 is 3. The van der Waals surface area contributed by atoms with Gasteiger partial charge in [-0.15, -0.1) is 0 Å². The molecule has 1 unspecified atom stereocenters. The molecule has 65 heavy (non-hydrogen) atoms. The van der Waals surface area contributed by atoms with Crippen LogP contribution in [0.5, 0.6) is 5.75 Å². The predicted molar refractivity (Wildman–Crippen MR) is 238 cm³/mol. The fourth-order valence-electron chi connectivity index (χ4n) is 13.8. The highest BCUT2D eigenvalue weighted by atomic mass is 32.2. The second kappa shape index (κ2) is 15.4. The van der Waals surface area contributed by atoms with E-state index in [0.29, 0.717) is 84.5 Å².